The topological polar surface area (TPSA) is 102 Å². The molecule has 8 nitrogen and oxygen atoms in total. The fraction of sp³-hybridized carbons (Fsp3) is 0.312. The number of nitrogens with zero attached hydrogens (tertiary/aromatic N) is 3. The average Bonchev–Trinajstić information content (AvgIpc) is 3.76. The first kappa shape index (κ1) is 26.3. The monoisotopic (exact) mass is 599 g/mol. The van der Waals surface area contributed by atoms with Crippen LogP contribution in [-0.4, -0.2) is 32.6 Å². The number of amides is 1. The van der Waals surface area contributed by atoms with Gasteiger partial charge in [-0.1, -0.05) is 17.4 Å². The molecule has 2 N–H and O–H groups in total. The summed E-state index contributed by atoms with van der Waals surface area (Å²) >= 11 is 1.03. The summed E-state index contributed by atoms with van der Waals surface area (Å²) in [5.41, 5.74) is 3.78. The molecule has 0 radical (unpaired) electrons. The number of benzene rings is 2. The first-order valence-electron chi connectivity index (χ1n) is 14.3. The molecule has 3 aromatic heterocycles. The van der Waals surface area contributed by atoms with Gasteiger partial charge in [-0.15, -0.1) is 0 Å². The molecule has 1 aliphatic heterocycles. The highest BCUT2D eigenvalue weighted by Crippen LogP contribution is 2.58. The van der Waals surface area contributed by atoms with Crippen LogP contribution in [-0.2, 0) is 10.2 Å². The number of halogens is 2. The van der Waals surface area contributed by atoms with Gasteiger partial charge in [0.05, 0.1) is 27.3 Å². The third kappa shape index (κ3) is 4.28. The van der Waals surface area contributed by atoms with Crippen LogP contribution in [0.25, 0.3) is 32.9 Å². The summed E-state index contributed by atoms with van der Waals surface area (Å²) in [6, 6.07) is 13.8. The number of H-pyrrole nitrogens is 1. The Morgan fingerprint density at radius 3 is 2.53 bits per heavy atom. The zero-order valence-electron chi connectivity index (χ0n) is 23.3. The number of carbonyl (C=O) groups excluding carboxylic acids is 1. The summed E-state index contributed by atoms with van der Waals surface area (Å²) in [6.07, 6.45) is 4.50. The second-order valence-electron chi connectivity index (χ2n) is 11.8. The van der Waals surface area contributed by atoms with E-state index in [1.165, 1.54) is 6.07 Å². The second-order valence-corrected chi connectivity index (χ2v) is 12.8. The number of anilines is 1. The largest absolute Gasteiger partial charge is 0.454 e. The van der Waals surface area contributed by atoms with Gasteiger partial charge in [-0.25, -0.2) is 18.7 Å². The number of aromatic amines is 1. The maximum absolute atomic E-state index is 14.2. The van der Waals surface area contributed by atoms with Crippen molar-refractivity contribution in [3.8, 4) is 34.1 Å². The molecule has 0 spiro atoms. The molecule has 9 rings (SSSR count). The molecule has 2 bridgehead atoms. The first-order valence-corrected chi connectivity index (χ1v) is 15.1. The van der Waals surface area contributed by atoms with E-state index in [0.717, 1.165) is 70.8 Å². The number of imidazole rings is 1. The van der Waals surface area contributed by atoms with Gasteiger partial charge in [-0.2, -0.15) is 0 Å². The van der Waals surface area contributed by atoms with E-state index < -0.39 is 17.0 Å². The number of hydrogen-bond acceptors (Lipinski definition) is 7. The molecule has 218 valence electrons. The lowest BCUT2D eigenvalue weighted by atomic mass is 9.53. The highest BCUT2D eigenvalue weighted by atomic mass is 32.1. The van der Waals surface area contributed by atoms with Crippen molar-refractivity contribution < 1.29 is 23.0 Å². The van der Waals surface area contributed by atoms with Crippen molar-refractivity contribution in [3.63, 3.8) is 0 Å². The number of ether oxygens (including phenoxy) is 2. The van der Waals surface area contributed by atoms with E-state index in [2.05, 4.69) is 15.3 Å². The molecule has 4 aliphatic rings. The van der Waals surface area contributed by atoms with Crippen molar-refractivity contribution in [2.24, 2.45) is 5.41 Å². The van der Waals surface area contributed by atoms with Gasteiger partial charge in [0.25, 0.3) is 0 Å². The van der Waals surface area contributed by atoms with Crippen molar-refractivity contribution in [2.75, 3.05) is 12.1 Å². The van der Waals surface area contributed by atoms with Crippen LogP contribution in [0.15, 0.2) is 48.5 Å². The molecule has 1 amide bonds. The zero-order chi connectivity index (χ0) is 29.3. The van der Waals surface area contributed by atoms with Crippen LogP contribution in [0.1, 0.15) is 50.0 Å². The second kappa shape index (κ2) is 9.57. The third-order valence-corrected chi connectivity index (χ3v) is 10.3. The lowest BCUT2D eigenvalue weighted by Crippen LogP contribution is -2.50. The number of pyridine rings is 1. The Balaban J connectivity index is 1.08. The lowest BCUT2D eigenvalue weighted by molar-refractivity contribution is -0.132. The standard InChI is InChI=1S/C32H27F2N5O3S/c1-17-3-2-4-21(35-17)26-25(18-5-6-23-24(13-18)42-16-41-23)37-28(38-26)31-7-10-32(11-8-31,12-9-31)29(40)39-30-36-22-15-19(33)14-20(34)27(22)43-30/h2-6,13-15H,7-12,16H2,1H3,(H,37,38)(H,36,39,40). The van der Waals surface area contributed by atoms with E-state index >= 15 is 0 Å². The van der Waals surface area contributed by atoms with Crippen LogP contribution in [0.5, 0.6) is 11.5 Å². The number of thiazole rings is 1. The maximum atomic E-state index is 14.2. The normalized spacial score (nSPS) is 22.3. The number of hydrogen-bond donors (Lipinski definition) is 2. The Bertz CT molecular complexity index is 1910. The summed E-state index contributed by atoms with van der Waals surface area (Å²) in [5, 5.41) is 3.21. The Labute approximate surface area is 249 Å². The van der Waals surface area contributed by atoms with E-state index in [0.29, 0.717) is 30.8 Å². The molecule has 0 atom stereocenters. The number of nitrogens with one attached hydrogen (secondary N) is 2. The number of fused-ring (bicyclic) bond motifs is 5. The summed E-state index contributed by atoms with van der Waals surface area (Å²) < 4.78 is 39.3. The Morgan fingerprint density at radius 2 is 1.74 bits per heavy atom. The summed E-state index contributed by atoms with van der Waals surface area (Å²) in [4.78, 5) is 31.5. The number of aromatic nitrogens is 4. The molecular formula is C32H27F2N5O3S. The quantitative estimate of drug-likeness (QED) is 0.220. The van der Waals surface area contributed by atoms with Crippen LogP contribution in [0.3, 0.4) is 0 Å². The molecule has 0 saturated heterocycles. The van der Waals surface area contributed by atoms with E-state index in [1.807, 2.05) is 43.3 Å². The van der Waals surface area contributed by atoms with Crippen LogP contribution in [0, 0.1) is 24.0 Å². The van der Waals surface area contributed by atoms with Gasteiger partial charge in [-0.3, -0.25) is 9.78 Å². The maximum Gasteiger partial charge on any atom is 0.232 e. The lowest BCUT2D eigenvalue weighted by Gasteiger charge is -2.51. The van der Waals surface area contributed by atoms with E-state index in [4.69, 9.17) is 19.4 Å². The molecule has 4 heterocycles. The minimum absolute atomic E-state index is 0.106. The highest BCUT2D eigenvalue weighted by Gasteiger charge is 2.54. The predicted molar refractivity (Wildman–Crippen MR) is 158 cm³/mol. The van der Waals surface area contributed by atoms with Crippen molar-refractivity contribution in [1.82, 2.24) is 19.9 Å². The smallest absolute Gasteiger partial charge is 0.232 e. The van der Waals surface area contributed by atoms with Gasteiger partial charge in [0.2, 0.25) is 12.7 Å². The molecule has 5 aromatic rings. The van der Waals surface area contributed by atoms with Crippen molar-refractivity contribution >= 4 is 32.6 Å². The fourth-order valence-electron chi connectivity index (χ4n) is 6.87. The van der Waals surface area contributed by atoms with Gasteiger partial charge in [0, 0.05) is 34.2 Å². The van der Waals surface area contributed by atoms with Gasteiger partial charge in [0.15, 0.2) is 16.6 Å². The molecule has 43 heavy (non-hydrogen) atoms. The van der Waals surface area contributed by atoms with Crippen LogP contribution in [0.4, 0.5) is 13.9 Å². The molecule has 3 fully saturated rings. The average molecular weight is 600 g/mol. The molecule has 11 heteroatoms. The van der Waals surface area contributed by atoms with Crippen molar-refractivity contribution in [1.29, 1.82) is 0 Å². The minimum atomic E-state index is -0.691. The van der Waals surface area contributed by atoms with Gasteiger partial charge < -0.3 is 19.8 Å². The Morgan fingerprint density at radius 1 is 0.953 bits per heavy atom. The van der Waals surface area contributed by atoms with E-state index in [9.17, 15) is 13.6 Å². The van der Waals surface area contributed by atoms with Crippen molar-refractivity contribution in [3.05, 3.63) is 71.7 Å². The molecule has 2 aromatic carbocycles. The van der Waals surface area contributed by atoms with E-state index in [1.54, 1.807) is 0 Å². The van der Waals surface area contributed by atoms with Crippen LogP contribution >= 0.6 is 11.3 Å². The van der Waals surface area contributed by atoms with Gasteiger partial charge >= 0.3 is 0 Å². The van der Waals surface area contributed by atoms with Crippen molar-refractivity contribution in [2.45, 2.75) is 50.9 Å². The fourth-order valence-corrected chi connectivity index (χ4v) is 7.72. The van der Waals surface area contributed by atoms with Crippen LogP contribution in [0.2, 0.25) is 0 Å². The number of aryl methyl sites for hydroxylation is 1. The number of carbonyl (C=O) groups is 1. The number of rotatable bonds is 5. The van der Waals surface area contributed by atoms with Gasteiger partial charge in [0.1, 0.15) is 17.5 Å². The summed E-state index contributed by atoms with van der Waals surface area (Å²) in [7, 11) is 0. The SMILES string of the molecule is Cc1cccc(-c2[nH]c(C34CCC(C(=O)Nc5nc6cc(F)cc(F)c6s5)(CC3)CC4)nc2-c2ccc3c(c2)OCO3)n1. The zero-order valence-corrected chi connectivity index (χ0v) is 24.1. The molecular weight excluding hydrogens is 572 g/mol. The molecule has 3 aliphatic carbocycles. The van der Waals surface area contributed by atoms with E-state index in [-0.39, 0.29) is 33.5 Å². The minimum Gasteiger partial charge on any atom is -0.454 e. The predicted octanol–water partition coefficient (Wildman–Crippen LogP) is 7.29. The summed E-state index contributed by atoms with van der Waals surface area (Å²) in [6.45, 7) is 2.17. The summed E-state index contributed by atoms with van der Waals surface area (Å²) in [5.74, 6) is 0.844. The Kier molecular flexibility index (Phi) is 5.84. The highest BCUT2D eigenvalue weighted by molar-refractivity contribution is 7.22. The molecule has 0 unspecified atom stereocenters. The third-order valence-electron chi connectivity index (χ3n) is 9.35. The molecule has 3 saturated carbocycles. The van der Waals surface area contributed by atoms with Crippen LogP contribution < -0.4 is 14.8 Å². The first-order chi connectivity index (χ1) is 20.8. The Hall–Kier alpha value is -4.38. The van der Waals surface area contributed by atoms with Gasteiger partial charge in [-0.05, 0) is 75.8 Å².